The van der Waals surface area contributed by atoms with E-state index in [9.17, 15) is 0 Å². The summed E-state index contributed by atoms with van der Waals surface area (Å²) in [7, 11) is 0. The number of nitrogens with two attached hydrogens (primary N) is 2. The van der Waals surface area contributed by atoms with Gasteiger partial charge in [-0.25, -0.2) is 0 Å². The number of hydrogen-bond acceptors (Lipinski definition) is 3. The van der Waals surface area contributed by atoms with Crippen molar-refractivity contribution in [3.63, 3.8) is 0 Å². The minimum absolute atomic E-state index is 0.852. The highest BCUT2D eigenvalue weighted by Gasteiger charge is 2.10. The lowest BCUT2D eigenvalue weighted by Crippen LogP contribution is -2.03. The van der Waals surface area contributed by atoms with E-state index in [1.54, 1.807) is 11.8 Å². The molecule has 0 aliphatic carbocycles. The van der Waals surface area contributed by atoms with Crippen molar-refractivity contribution in [1.82, 2.24) is 0 Å². The second-order valence-electron chi connectivity index (χ2n) is 3.28. The summed E-state index contributed by atoms with van der Waals surface area (Å²) in [6, 6.07) is 2.08. The Bertz CT molecular complexity index is 335. The van der Waals surface area contributed by atoms with E-state index in [1.807, 2.05) is 6.92 Å². The average Bonchev–Trinajstić information content (AvgIpc) is 2.16. The van der Waals surface area contributed by atoms with Crippen molar-refractivity contribution in [2.45, 2.75) is 32.1 Å². The standard InChI is InChI=1S/C11H18N2S/c1-4-8-10(12)7(3)6-9(11(8)13)14-5-2/h6H,4-5,12-13H2,1-3H3. The van der Waals surface area contributed by atoms with Crippen LogP contribution in [0.5, 0.6) is 0 Å². The lowest BCUT2D eigenvalue weighted by atomic mass is 10.0. The van der Waals surface area contributed by atoms with Crippen LogP contribution in [0.4, 0.5) is 11.4 Å². The monoisotopic (exact) mass is 210 g/mol. The molecular formula is C11H18N2S. The minimum Gasteiger partial charge on any atom is -0.398 e. The first-order chi connectivity index (χ1) is 6.61. The Labute approximate surface area is 90.1 Å². The molecule has 0 unspecified atom stereocenters. The molecule has 0 amide bonds. The van der Waals surface area contributed by atoms with Crippen LogP contribution in [-0.4, -0.2) is 5.75 Å². The third-order valence-corrected chi connectivity index (χ3v) is 3.28. The zero-order chi connectivity index (χ0) is 10.7. The fourth-order valence-electron chi connectivity index (χ4n) is 1.54. The van der Waals surface area contributed by atoms with Crippen molar-refractivity contribution in [3.05, 3.63) is 17.2 Å². The third kappa shape index (κ3) is 1.98. The van der Waals surface area contributed by atoms with Crippen molar-refractivity contribution < 1.29 is 0 Å². The zero-order valence-electron chi connectivity index (χ0n) is 9.05. The molecule has 14 heavy (non-hydrogen) atoms. The van der Waals surface area contributed by atoms with Gasteiger partial charge in [0.15, 0.2) is 0 Å². The molecule has 4 N–H and O–H groups in total. The number of nitrogen functional groups attached to an aromatic ring is 2. The highest BCUT2D eigenvalue weighted by Crippen LogP contribution is 2.34. The number of hydrogen-bond donors (Lipinski definition) is 2. The van der Waals surface area contributed by atoms with Gasteiger partial charge < -0.3 is 11.5 Å². The van der Waals surface area contributed by atoms with Crippen molar-refractivity contribution in [2.24, 2.45) is 0 Å². The molecule has 0 radical (unpaired) electrons. The molecule has 0 aliphatic rings. The molecule has 0 atom stereocenters. The Morgan fingerprint density at radius 3 is 2.36 bits per heavy atom. The maximum absolute atomic E-state index is 6.05. The fraction of sp³-hybridized carbons (Fsp3) is 0.455. The fourth-order valence-corrected chi connectivity index (χ4v) is 2.39. The van der Waals surface area contributed by atoms with E-state index >= 15 is 0 Å². The predicted molar refractivity (Wildman–Crippen MR) is 65.8 cm³/mol. The second-order valence-corrected chi connectivity index (χ2v) is 4.59. The number of rotatable bonds is 3. The Morgan fingerprint density at radius 1 is 1.21 bits per heavy atom. The first-order valence-corrected chi connectivity index (χ1v) is 5.90. The molecular weight excluding hydrogens is 192 g/mol. The highest BCUT2D eigenvalue weighted by atomic mass is 32.2. The number of thioether (sulfide) groups is 1. The Kier molecular flexibility index (Phi) is 3.69. The summed E-state index contributed by atoms with van der Waals surface area (Å²) >= 11 is 1.77. The normalized spacial score (nSPS) is 10.5. The topological polar surface area (TPSA) is 52.0 Å². The van der Waals surface area contributed by atoms with Crippen molar-refractivity contribution in [2.75, 3.05) is 17.2 Å². The Morgan fingerprint density at radius 2 is 1.86 bits per heavy atom. The van der Waals surface area contributed by atoms with E-state index in [0.29, 0.717) is 0 Å². The summed E-state index contributed by atoms with van der Waals surface area (Å²) in [5.74, 6) is 1.04. The van der Waals surface area contributed by atoms with Crippen LogP contribution in [0.2, 0.25) is 0 Å². The first kappa shape index (κ1) is 11.2. The molecule has 1 rings (SSSR count). The molecule has 0 saturated carbocycles. The molecule has 1 aromatic carbocycles. The Hall–Kier alpha value is -0.830. The van der Waals surface area contributed by atoms with E-state index in [4.69, 9.17) is 11.5 Å². The summed E-state index contributed by atoms with van der Waals surface area (Å²) in [5, 5.41) is 0. The van der Waals surface area contributed by atoms with Crippen LogP contribution >= 0.6 is 11.8 Å². The van der Waals surface area contributed by atoms with E-state index in [1.165, 1.54) is 0 Å². The van der Waals surface area contributed by atoms with Crippen molar-refractivity contribution in [1.29, 1.82) is 0 Å². The van der Waals surface area contributed by atoms with E-state index in [-0.39, 0.29) is 0 Å². The van der Waals surface area contributed by atoms with Gasteiger partial charge in [0.2, 0.25) is 0 Å². The van der Waals surface area contributed by atoms with E-state index < -0.39 is 0 Å². The number of aryl methyl sites for hydroxylation is 1. The van der Waals surface area contributed by atoms with Crippen LogP contribution in [0.1, 0.15) is 25.0 Å². The molecule has 0 spiro atoms. The van der Waals surface area contributed by atoms with Gasteiger partial charge in [-0.05, 0) is 36.3 Å². The van der Waals surface area contributed by atoms with Crippen LogP contribution in [0.15, 0.2) is 11.0 Å². The minimum atomic E-state index is 0.852. The summed E-state index contributed by atoms with van der Waals surface area (Å²) in [6.07, 6.45) is 0.899. The largest absolute Gasteiger partial charge is 0.398 e. The van der Waals surface area contributed by atoms with Gasteiger partial charge in [0.1, 0.15) is 0 Å². The van der Waals surface area contributed by atoms with Crippen molar-refractivity contribution >= 4 is 23.1 Å². The lowest BCUT2D eigenvalue weighted by molar-refractivity contribution is 1.12. The first-order valence-electron chi connectivity index (χ1n) is 4.92. The van der Waals surface area contributed by atoms with E-state index in [2.05, 4.69) is 19.9 Å². The molecule has 3 heteroatoms. The second kappa shape index (κ2) is 4.60. The van der Waals surface area contributed by atoms with Gasteiger partial charge in [0.25, 0.3) is 0 Å². The summed E-state index contributed by atoms with van der Waals surface area (Å²) in [4.78, 5) is 1.16. The third-order valence-electron chi connectivity index (χ3n) is 2.34. The molecule has 0 heterocycles. The molecule has 0 aromatic heterocycles. The maximum atomic E-state index is 6.05. The zero-order valence-corrected chi connectivity index (χ0v) is 9.87. The molecule has 0 bridgehead atoms. The van der Waals surface area contributed by atoms with Crippen LogP contribution in [-0.2, 0) is 6.42 Å². The van der Waals surface area contributed by atoms with Gasteiger partial charge in [0, 0.05) is 10.6 Å². The predicted octanol–water partition coefficient (Wildman–Crippen LogP) is 2.83. The van der Waals surface area contributed by atoms with Gasteiger partial charge in [-0.1, -0.05) is 13.8 Å². The SMILES string of the molecule is CCSc1cc(C)c(N)c(CC)c1N. The number of anilines is 2. The molecule has 78 valence electrons. The van der Waals surface area contributed by atoms with E-state index in [0.717, 1.165) is 39.6 Å². The van der Waals surface area contributed by atoms with Crippen LogP contribution in [0.3, 0.4) is 0 Å². The van der Waals surface area contributed by atoms with Gasteiger partial charge in [-0.2, -0.15) is 0 Å². The van der Waals surface area contributed by atoms with Gasteiger partial charge in [-0.15, -0.1) is 11.8 Å². The van der Waals surface area contributed by atoms with Gasteiger partial charge in [0.05, 0.1) is 5.69 Å². The quantitative estimate of drug-likeness (QED) is 0.596. The highest BCUT2D eigenvalue weighted by molar-refractivity contribution is 7.99. The van der Waals surface area contributed by atoms with Crippen LogP contribution < -0.4 is 11.5 Å². The molecule has 0 saturated heterocycles. The van der Waals surface area contributed by atoms with Crippen LogP contribution in [0, 0.1) is 6.92 Å². The molecule has 1 aromatic rings. The van der Waals surface area contributed by atoms with Crippen molar-refractivity contribution in [3.8, 4) is 0 Å². The summed E-state index contributed by atoms with van der Waals surface area (Å²) in [6.45, 7) is 6.25. The maximum Gasteiger partial charge on any atom is 0.0505 e. The Balaban J connectivity index is 3.27. The average molecular weight is 210 g/mol. The molecule has 2 nitrogen and oxygen atoms in total. The molecule has 0 aliphatic heterocycles. The summed E-state index contributed by atoms with van der Waals surface area (Å²) < 4.78 is 0. The smallest absolute Gasteiger partial charge is 0.0505 e. The van der Waals surface area contributed by atoms with Crippen LogP contribution in [0.25, 0.3) is 0 Å². The molecule has 0 fully saturated rings. The van der Waals surface area contributed by atoms with Gasteiger partial charge in [-0.3, -0.25) is 0 Å². The lowest BCUT2D eigenvalue weighted by Gasteiger charge is -2.14. The van der Waals surface area contributed by atoms with Gasteiger partial charge >= 0.3 is 0 Å². The summed E-state index contributed by atoms with van der Waals surface area (Å²) in [5.41, 5.74) is 16.0. The number of benzene rings is 1.